The zero-order valence-corrected chi connectivity index (χ0v) is 6.37. The molecule has 0 spiro atoms. The number of hydrogen-bond acceptors (Lipinski definition) is 1. The molecule has 1 aromatic rings. The van der Waals surface area contributed by atoms with Crippen molar-refractivity contribution in [1.29, 1.82) is 0 Å². The summed E-state index contributed by atoms with van der Waals surface area (Å²) in [5, 5.41) is 0. The third kappa shape index (κ3) is 1.77. The Labute approximate surface area is 66.4 Å². The molecule has 1 radical (unpaired) electrons. The van der Waals surface area contributed by atoms with Gasteiger partial charge in [0.2, 0.25) is 6.29 Å². The Kier molecular flexibility index (Phi) is 2.61. The van der Waals surface area contributed by atoms with Gasteiger partial charge < -0.3 is 0 Å². The zero-order chi connectivity index (χ0) is 8.10. The van der Waals surface area contributed by atoms with Crippen LogP contribution in [0.3, 0.4) is 0 Å². The van der Waals surface area contributed by atoms with Crippen LogP contribution in [0.1, 0.15) is 12.5 Å². The molecule has 0 fully saturated rings. The summed E-state index contributed by atoms with van der Waals surface area (Å²) in [5.41, 5.74) is 1.54. The van der Waals surface area contributed by atoms with Crippen LogP contribution in [0.2, 0.25) is 0 Å². The molecule has 0 N–H and O–H groups in total. The van der Waals surface area contributed by atoms with Gasteiger partial charge in [-0.1, -0.05) is 36.4 Å². The number of benzene rings is 1. The molecule has 0 bridgehead atoms. The second-order valence-electron chi connectivity index (χ2n) is 2.17. The highest BCUT2D eigenvalue weighted by Crippen LogP contribution is 2.09. The second kappa shape index (κ2) is 3.71. The van der Waals surface area contributed by atoms with Crippen LogP contribution in [-0.2, 0) is 4.79 Å². The van der Waals surface area contributed by atoms with Gasteiger partial charge in [-0.2, -0.15) is 0 Å². The number of carbonyl (C=O) groups excluding carboxylic acids is 1. The molecule has 0 saturated carbocycles. The SMILES string of the molecule is CC=C([C]=O)c1ccccc1. The predicted molar refractivity (Wildman–Crippen MR) is 45.8 cm³/mol. The Morgan fingerprint density at radius 3 is 2.45 bits per heavy atom. The van der Waals surface area contributed by atoms with Gasteiger partial charge in [-0.15, -0.1) is 0 Å². The average Bonchev–Trinajstić information content (AvgIpc) is 2.09. The first-order valence-electron chi connectivity index (χ1n) is 3.48. The molecular weight excluding hydrogens is 136 g/mol. The Bertz CT molecular complexity index is 259. The van der Waals surface area contributed by atoms with Gasteiger partial charge in [0.15, 0.2) is 0 Å². The Hall–Kier alpha value is -1.37. The van der Waals surface area contributed by atoms with Gasteiger partial charge in [0.25, 0.3) is 0 Å². The molecule has 0 aliphatic heterocycles. The molecule has 0 unspecified atom stereocenters. The van der Waals surface area contributed by atoms with E-state index < -0.39 is 0 Å². The third-order valence-electron chi connectivity index (χ3n) is 1.48. The monoisotopic (exact) mass is 145 g/mol. The summed E-state index contributed by atoms with van der Waals surface area (Å²) in [7, 11) is 0. The first kappa shape index (κ1) is 7.73. The van der Waals surface area contributed by atoms with Crippen molar-refractivity contribution < 1.29 is 4.79 Å². The lowest BCUT2D eigenvalue weighted by Gasteiger charge is -1.95. The fraction of sp³-hybridized carbons (Fsp3) is 0.100. The van der Waals surface area contributed by atoms with Crippen LogP contribution in [0.5, 0.6) is 0 Å². The minimum absolute atomic E-state index is 0.616. The largest absolute Gasteiger partial charge is 0.285 e. The lowest BCUT2D eigenvalue weighted by molar-refractivity contribution is 0.565. The smallest absolute Gasteiger partial charge is 0.233 e. The van der Waals surface area contributed by atoms with E-state index >= 15 is 0 Å². The fourth-order valence-corrected chi connectivity index (χ4v) is 0.902. The first-order valence-corrected chi connectivity index (χ1v) is 3.48. The molecule has 0 saturated heterocycles. The molecule has 1 heteroatoms. The van der Waals surface area contributed by atoms with Gasteiger partial charge in [0.05, 0.1) is 0 Å². The van der Waals surface area contributed by atoms with E-state index in [9.17, 15) is 4.79 Å². The maximum absolute atomic E-state index is 10.3. The van der Waals surface area contributed by atoms with Gasteiger partial charge in [-0.25, -0.2) is 0 Å². The maximum Gasteiger partial charge on any atom is 0.233 e. The van der Waals surface area contributed by atoms with Crippen LogP contribution in [0, 0.1) is 0 Å². The van der Waals surface area contributed by atoms with E-state index in [0.717, 1.165) is 5.56 Å². The Balaban J connectivity index is 3.01. The van der Waals surface area contributed by atoms with Crippen molar-refractivity contribution in [2.45, 2.75) is 6.92 Å². The van der Waals surface area contributed by atoms with Gasteiger partial charge in [0, 0.05) is 5.57 Å². The van der Waals surface area contributed by atoms with Crippen molar-refractivity contribution in [1.82, 2.24) is 0 Å². The first-order chi connectivity index (χ1) is 5.38. The molecular formula is C10H9O. The Morgan fingerprint density at radius 2 is 2.00 bits per heavy atom. The minimum Gasteiger partial charge on any atom is -0.285 e. The van der Waals surface area contributed by atoms with Gasteiger partial charge in [-0.3, -0.25) is 4.79 Å². The summed E-state index contributed by atoms with van der Waals surface area (Å²) in [6.45, 7) is 1.83. The molecule has 0 amide bonds. The summed E-state index contributed by atoms with van der Waals surface area (Å²) in [6, 6.07) is 9.49. The van der Waals surface area contributed by atoms with E-state index in [4.69, 9.17) is 0 Å². The van der Waals surface area contributed by atoms with Crippen molar-refractivity contribution in [2.75, 3.05) is 0 Å². The molecule has 0 aliphatic rings. The standard InChI is InChI=1S/C10H9O/c1-2-9(8-11)10-6-4-3-5-7-10/h2-7H,1H3. The van der Waals surface area contributed by atoms with Gasteiger partial charge in [0.1, 0.15) is 0 Å². The van der Waals surface area contributed by atoms with Crippen molar-refractivity contribution >= 4 is 11.9 Å². The highest BCUT2D eigenvalue weighted by atomic mass is 16.1. The third-order valence-corrected chi connectivity index (χ3v) is 1.48. The Morgan fingerprint density at radius 1 is 1.36 bits per heavy atom. The van der Waals surface area contributed by atoms with Crippen molar-refractivity contribution in [3.05, 3.63) is 42.0 Å². The number of rotatable bonds is 2. The van der Waals surface area contributed by atoms with Crippen molar-refractivity contribution in [3.63, 3.8) is 0 Å². The maximum atomic E-state index is 10.3. The van der Waals surface area contributed by atoms with E-state index in [1.807, 2.05) is 43.5 Å². The summed E-state index contributed by atoms with van der Waals surface area (Å²) in [6.07, 6.45) is 3.63. The van der Waals surface area contributed by atoms with E-state index in [0.29, 0.717) is 5.57 Å². The quantitative estimate of drug-likeness (QED) is 0.583. The van der Waals surface area contributed by atoms with Crippen molar-refractivity contribution in [2.24, 2.45) is 0 Å². The van der Waals surface area contributed by atoms with Crippen LogP contribution >= 0.6 is 0 Å². The molecule has 1 nitrogen and oxygen atoms in total. The molecule has 1 rings (SSSR count). The van der Waals surface area contributed by atoms with E-state index in [1.54, 1.807) is 6.08 Å². The second-order valence-corrected chi connectivity index (χ2v) is 2.17. The molecule has 11 heavy (non-hydrogen) atoms. The highest BCUT2D eigenvalue weighted by Gasteiger charge is 1.96. The van der Waals surface area contributed by atoms with Crippen molar-refractivity contribution in [3.8, 4) is 0 Å². The normalized spacial score (nSPS) is 11.2. The predicted octanol–water partition coefficient (Wildman–Crippen LogP) is 2.20. The van der Waals surface area contributed by atoms with Gasteiger partial charge in [-0.05, 0) is 12.5 Å². The van der Waals surface area contributed by atoms with E-state index in [1.165, 1.54) is 0 Å². The molecule has 0 heterocycles. The fourth-order valence-electron chi connectivity index (χ4n) is 0.902. The van der Waals surface area contributed by atoms with E-state index in [-0.39, 0.29) is 0 Å². The lowest BCUT2D eigenvalue weighted by Crippen LogP contribution is -1.82. The average molecular weight is 145 g/mol. The summed E-state index contributed by atoms with van der Waals surface area (Å²) in [5.74, 6) is 0. The lowest BCUT2D eigenvalue weighted by atomic mass is 10.1. The minimum atomic E-state index is 0.616. The van der Waals surface area contributed by atoms with Crippen LogP contribution in [0.25, 0.3) is 5.57 Å². The number of allylic oxidation sites excluding steroid dienone is 2. The molecule has 0 aliphatic carbocycles. The highest BCUT2D eigenvalue weighted by molar-refractivity contribution is 6.07. The summed E-state index contributed by atoms with van der Waals surface area (Å²) >= 11 is 0. The van der Waals surface area contributed by atoms with Gasteiger partial charge >= 0.3 is 0 Å². The zero-order valence-electron chi connectivity index (χ0n) is 6.37. The van der Waals surface area contributed by atoms with E-state index in [2.05, 4.69) is 0 Å². The molecule has 1 aromatic carbocycles. The van der Waals surface area contributed by atoms with Crippen LogP contribution in [-0.4, -0.2) is 6.29 Å². The molecule has 55 valence electrons. The van der Waals surface area contributed by atoms with Crippen LogP contribution in [0.15, 0.2) is 36.4 Å². The van der Waals surface area contributed by atoms with Crippen LogP contribution in [0.4, 0.5) is 0 Å². The summed E-state index contributed by atoms with van der Waals surface area (Å²) < 4.78 is 0. The molecule has 0 aromatic heterocycles. The van der Waals surface area contributed by atoms with Crippen LogP contribution < -0.4 is 0 Å². The molecule has 0 atom stereocenters. The number of hydrogen-bond donors (Lipinski definition) is 0. The summed E-state index contributed by atoms with van der Waals surface area (Å²) in [4.78, 5) is 10.3. The topological polar surface area (TPSA) is 17.1 Å².